The Morgan fingerprint density at radius 3 is 3.08 bits per heavy atom. The summed E-state index contributed by atoms with van der Waals surface area (Å²) >= 11 is 0. The molecule has 0 bridgehead atoms. The molecule has 0 aromatic heterocycles. The molecular weight excluding hydrogens is 170 g/mol. The number of benzene rings is 1. The van der Waals surface area contributed by atoms with Crippen LogP contribution in [0, 0.1) is 10.1 Å². The molecule has 0 unspecified atom stereocenters. The molecule has 0 saturated carbocycles. The lowest BCUT2D eigenvalue weighted by molar-refractivity contribution is -0.385. The molecule has 1 heterocycles. The van der Waals surface area contributed by atoms with Crippen molar-refractivity contribution in [2.24, 2.45) is 0 Å². The lowest BCUT2D eigenvalue weighted by atomic mass is 10.0. The Morgan fingerprint density at radius 2 is 2.31 bits per heavy atom. The monoisotopic (exact) mass is 179 g/mol. The number of nitro benzene ring substituents is 1. The fraction of sp³-hybridized carbons (Fsp3) is 0.333. The van der Waals surface area contributed by atoms with Crippen LogP contribution in [-0.4, -0.2) is 11.5 Å². The van der Waals surface area contributed by atoms with Crippen molar-refractivity contribution in [3.05, 3.63) is 39.4 Å². The van der Waals surface area contributed by atoms with Crippen LogP contribution in [0.5, 0.6) is 0 Å². The molecule has 13 heavy (non-hydrogen) atoms. The van der Waals surface area contributed by atoms with Crippen LogP contribution in [0.15, 0.2) is 18.2 Å². The number of fused-ring (bicyclic) bond motifs is 1. The first-order valence-electron chi connectivity index (χ1n) is 4.12. The van der Waals surface area contributed by atoms with Crippen LogP contribution in [-0.2, 0) is 17.8 Å². The van der Waals surface area contributed by atoms with Gasteiger partial charge in [-0.05, 0) is 5.56 Å². The van der Waals surface area contributed by atoms with Gasteiger partial charge in [0.05, 0.1) is 18.1 Å². The zero-order chi connectivity index (χ0) is 9.26. The van der Waals surface area contributed by atoms with Gasteiger partial charge in [-0.15, -0.1) is 0 Å². The van der Waals surface area contributed by atoms with E-state index >= 15 is 0 Å². The van der Waals surface area contributed by atoms with Crippen molar-refractivity contribution in [2.75, 3.05) is 6.61 Å². The highest BCUT2D eigenvalue weighted by molar-refractivity contribution is 5.46. The van der Waals surface area contributed by atoms with Gasteiger partial charge >= 0.3 is 0 Å². The first-order chi connectivity index (χ1) is 6.29. The highest BCUT2D eigenvalue weighted by Crippen LogP contribution is 2.26. The fourth-order valence-electron chi connectivity index (χ4n) is 1.57. The fourth-order valence-corrected chi connectivity index (χ4v) is 1.57. The van der Waals surface area contributed by atoms with E-state index in [0.29, 0.717) is 19.6 Å². The maximum absolute atomic E-state index is 10.6. The first-order valence-corrected chi connectivity index (χ1v) is 4.12. The molecule has 0 atom stereocenters. The summed E-state index contributed by atoms with van der Waals surface area (Å²) in [4.78, 5) is 10.3. The Hall–Kier alpha value is -1.42. The van der Waals surface area contributed by atoms with E-state index < -0.39 is 0 Å². The average Bonchev–Trinajstić information content (AvgIpc) is 2.17. The minimum Gasteiger partial charge on any atom is -0.376 e. The van der Waals surface area contributed by atoms with E-state index in [2.05, 4.69) is 0 Å². The standard InChI is InChI=1S/C9H9NO3/c11-10(12)9-3-1-2-7-6-13-5-4-8(7)9/h1-3H,4-6H2. The summed E-state index contributed by atoms with van der Waals surface area (Å²) in [6.45, 7) is 1.08. The van der Waals surface area contributed by atoms with Crippen LogP contribution >= 0.6 is 0 Å². The smallest absolute Gasteiger partial charge is 0.273 e. The molecule has 1 aromatic rings. The summed E-state index contributed by atoms with van der Waals surface area (Å²) in [5.41, 5.74) is 2.00. The highest BCUT2D eigenvalue weighted by Gasteiger charge is 2.19. The van der Waals surface area contributed by atoms with E-state index in [1.165, 1.54) is 0 Å². The van der Waals surface area contributed by atoms with Gasteiger partial charge in [0.2, 0.25) is 0 Å². The van der Waals surface area contributed by atoms with E-state index in [9.17, 15) is 10.1 Å². The van der Waals surface area contributed by atoms with E-state index in [1.54, 1.807) is 12.1 Å². The second-order valence-corrected chi connectivity index (χ2v) is 2.97. The van der Waals surface area contributed by atoms with Crippen LogP contribution in [0.2, 0.25) is 0 Å². The Kier molecular flexibility index (Phi) is 1.98. The lowest BCUT2D eigenvalue weighted by Gasteiger charge is -2.15. The maximum atomic E-state index is 10.6. The van der Waals surface area contributed by atoms with Gasteiger partial charge < -0.3 is 4.74 Å². The molecule has 0 fully saturated rings. The van der Waals surface area contributed by atoms with E-state index in [1.807, 2.05) is 6.07 Å². The van der Waals surface area contributed by atoms with Gasteiger partial charge in [-0.2, -0.15) is 0 Å². The van der Waals surface area contributed by atoms with Crippen molar-refractivity contribution >= 4 is 5.69 Å². The maximum Gasteiger partial charge on any atom is 0.273 e. The average molecular weight is 179 g/mol. The summed E-state index contributed by atoms with van der Waals surface area (Å²) in [5, 5.41) is 10.6. The number of nitro groups is 1. The van der Waals surface area contributed by atoms with Crippen LogP contribution in [0.25, 0.3) is 0 Å². The molecule has 0 saturated heterocycles. The van der Waals surface area contributed by atoms with E-state index in [-0.39, 0.29) is 10.6 Å². The molecule has 1 aliphatic rings. The molecule has 0 spiro atoms. The van der Waals surface area contributed by atoms with Gasteiger partial charge in [-0.3, -0.25) is 10.1 Å². The van der Waals surface area contributed by atoms with Crippen LogP contribution in [0.3, 0.4) is 0 Å². The Labute approximate surface area is 75.3 Å². The number of hydrogen-bond donors (Lipinski definition) is 0. The normalized spacial score (nSPS) is 15.1. The van der Waals surface area contributed by atoms with Crippen LogP contribution in [0.4, 0.5) is 5.69 Å². The zero-order valence-corrected chi connectivity index (χ0v) is 7.03. The number of ether oxygens (including phenoxy) is 1. The second-order valence-electron chi connectivity index (χ2n) is 2.97. The second kappa shape index (κ2) is 3.14. The highest BCUT2D eigenvalue weighted by atomic mass is 16.6. The van der Waals surface area contributed by atoms with Gasteiger partial charge in [0.25, 0.3) is 5.69 Å². The zero-order valence-electron chi connectivity index (χ0n) is 7.03. The Morgan fingerprint density at radius 1 is 1.46 bits per heavy atom. The van der Waals surface area contributed by atoms with Crippen molar-refractivity contribution in [2.45, 2.75) is 13.0 Å². The third-order valence-electron chi connectivity index (χ3n) is 2.20. The van der Waals surface area contributed by atoms with Crippen LogP contribution in [0.1, 0.15) is 11.1 Å². The molecule has 0 radical (unpaired) electrons. The summed E-state index contributed by atoms with van der Waals surface area (Å²) in [5.74, 6) is 0. The van der Waals surface area contributed by atoms with E-state index in [0.717, 1.165) is 11.1 Å². The predicted octanol–water partition coefficient (Wildman–Crippen LogP) is 1.67. The third-order valence-corrected chi connectivity index (χ3v) is 2.20. The van der Waals surface area contributed by atoms with Gasteiger partial charge in [-0.1, -0.05) is 12.1 Å². The van der Waals surface area contributed by atoms with Gasteiger partial charge in [0, 0.05) is 18.1 Å². The summed E-state index contributed by atoms with van der Waals surface area (Å²) < 4.78 is 5.21. The Balaban J connectivity index is 2.52. The quantitative estimate of drug-likeness (QED) is 0.486. The molecule has 0 aliphatic carbocycles. The van der Waals surface area contributed by atoms with Crippen molar-refractivity contribution in [3.8, 4) is 0 Å². The largest absolute Gasteiger partial charge is 0.376 e. The van der Waals surface area contributed by atoms with Gasteiger partial charge in [0.15, 0.2) is 0 Å². The molecule has 2 rings (SSSR count). The summed E-state index contributed by atoms with van der Waals surface area (Å²) in [6, 6.07) is 5.12. The number of hydrogen-bond acceptors (Lipinski definition) is 3. The Bertz CT molecular complexity index is 349. The number of rotatable bonds is 1. The van der Waals surface area contributed by atoms with Gasteiger partial charge in [0.1, 0.15) is 0 Å². The molecule has 68 valence electrons. The molecule has 4 heteroatoms. The number of nitrogens with zero attached hydrogens (tertiary/aromatic N) is 1. The third kappa shape index (κ3) is 1.40. The van der Waals surface area contributed by atoms with Crippen molar-refractivity contribution in [1.29, 1.82) is 0 Å². The molecule has 0 N–H and O–H groups in total. The molecule has 1 aliphatic heterocycles. The van der Waals surface area contributed by atoms with Crippen LogP contribution < -0.4 is 0 Å². The summed E-state index contributed by atoms with van der Waals surface area (Å²) in [6.07, 6.45) is 0.645. The molecule has 1 aromatic carbocycles. The molecule has 0 amide bonds. The molecular formula is C9H9NO3. The molecule has 4 nitrogen and oxygen atoms in total. The van der Waals surface area contributed by atoms with Crippen molar-refractivity contribution in [1.82, 2.24) is 0 Å². The predicted molar refractivity (Wildman–Crippen MR) is 46.5 cm³/mol. The minimum absolute atomic E-state index is 0.223. The van der Waals surface area contributed by atoms with Crippen molar-refractivity contribution < 1.29 is 9.66 Å². The van der Waals surface area contributed by atoms with Crippen molar-refractivity contribution in [3.63, 3.8) is 0 Å². The SMILES string of the molecule is O=[N+]([O-])c1cccc2c1CCOC2. The topological polar surface area (TPSA) is 52.4 Å². The minimum atomic E-state index is -0.329. The first kappa shape index (κ1) is 8.19. The summed E-state index contributed by atoms with van der Waals surface area (Å²) in [7, 11) is 0. The van der Waals surface area contributed by atoms with E-state index in [4.69, 9.17) is 4.74 Å². The lowest BCUT2D eigenvalue weighted by Crippen LogP contribution is -2.11. The van der Waals surface area contributed by atoms with Gasteiger partial charge in [-0.25, -0.2) is 0 Å².